The zero-order chi connectivity index (χ0) is 17.5. The first-order chi connectivity index (χ1) is 11.6. The lowest BCUT2D eigenvalue weighted by Gasteiger charge is -2.14. The van der Waals surface area contributed by atoms with Gasteiger partial charge in [0.15, 0.2) is 0 Å². The van der Waals surface area contributed by atoms with Crippen molar-refractivity contribution in [2.75, 3.05) is 24.7 Å². The highest BCUT2D eigenvalue weighted by molar-refractivity contribution is 8.15. The van der Waals surface area contributed by atoms with Gasteiger partial charge in [0.1, 0.15) is 11.0 Å². The summed E-state index contributed by atoms with van der Waals surface area (Å²) in [6, 6.07) is 6.67. The Morgan fingerprint density at radius 2 is 2.04 bits per heavy atom. The highest BCUT2D eigenvalue weighted by atomic mass is 32.2. The zero-order valence-corrected chi connectivity index (χ0v) is 14.2. The van der Waals surface area contributed by atoms with Gasteiger partial charge in [-0.2, -0.15) is 0 Å². The minimum Gasteiger partial charge on any atom is -0.494 e. The third-order valence-corrected chi connectivity index (χ3v) is 4.39. The number of imide groups is 1. The van der Waals surface area contributed by atoms with Gasteiger partial charge in [-0.1, -0.05) is 0 Å². The molecule has 2 N–H and O–H groups in total. The number of hydrogen-bond acceptors (Lipinski definition) is 6. The van der Waals surface area contributed by atoms with E-state index in [0.717, 1.165) is 16.7 Å². The Kier molecular flexibility index (Phi) is 6.62. The number of thioether (sulfide) groups is 1. The molecule has 3 amide bonds. The van der Waals surface area contributed by atoms with E-state index in [1.165, 1.54) is 0 Å². The topological polar surface area (TPSA) is 95.9 Å². The predicted molar refractivity (Wildman–Crippen MR) is 91.2 cm³/mol. The summed E-state index contributed by atoms with van der Waals surface area (Å²) < 4.78 is 5.33. The van der Waals surface area contributed by atoms with Gasteiger partial charge in [0.25, 0.3) is 5.24 Å². The van der Waals surface area contributed by atoms with Crippen LogP contribution in [0.4, 0.5) is 10.5 Å². The molecule has 8 heteroatoms. The molecule has 2 rings (SSSR count). The van der Waals surface area contributed by atoms with Crippen LogP contribution in [0, 0.1) is 0 Å². The fourth-order valence-corrected chi connectivity index (χ4v) is 3.21. The Morgan fingerprint density at radius 1 is 1.33 bits per heavy atom. The van der Waals surface area contributed by atoms with Crippen molar-refractivity contribution in [1.82, 2.24) is 5.32 Å². The number of aliphatic hydroxyl groups is 1. The Balaban J connectivity index is 1.99. The van der Waals surface area contributed by atoms with Gasteiger partial charge in [-0.15, -0.1) is 0 Å². The standard InChI is InChI=1S/C16H20N2O5S/c1-2-23-12-6-4-11(5-7-12)18-15(21)13(24-16(18)22)10-14(20)17-8-3-9-19/h4-7,13,19H,2-3,8-10H2,1H3,(H,17,20). The first-order valence-electron chi connectivity index (χ1n) is 7.71. The van der Waals surface area contributed by atoms with Crippen LogP contribution in [0.15, 0.2) is 24.3 Å². The van der Waals surface area contributed by atoms with Crippen LogP contribution >= 0.6 is 11.8 Å². The van der Waals surface area contributed by atoms with Gasteiger partial charge in [-0.05, 0) is 49.4 Å². The molecule has 1 aromatic rings. The van der Waals surface area contributed by atoms with Crippen LogP contribution < -0.4 is 15.0 Å². The maximum atomic E-state index is 12.4. The molecule has 0 bridgehead atoms. The number of carbonyl (C=O) groups excluding carboxylic acids is 3. The van der Waals surface area contributed by atoms with Crippen LogP contribution in [-0.4, -0.2) is 47.2 Å². The normalized spacial score (nSPS) is 17.2. The lowest BCUT2D eigenvalue weighted by atomic mass is 10.2. The van der Waals surface area contributed by atoms with Crippen molar-refractivity contribution in [2.45, 2.75) is 25.0 Å². The quantitative estimate of drug-likeness (QED) is 0.689. The average molecular weight is 352 g/mol. The third kappa shape index (κ3) is 4.48. The van der Waals surface area contributed by atoms with Gasteiger partial charge in [0, 0.05) is 19.6 Å². The molecular formula is C16H20N2O5S. The van der Waals surface area contributed by atoms with Crippen molar-refractivity contribution in [3.05, 3.63) is 24.3 Å². The van der Waals surface area contributed by atoms with E-state index in [1.807, 2.05) is 6.92 Å². The fourth-order valence-electron chi connectivity index (χ4n) is 2.23. The second-order valence-corrected chi connectivity index (χ2v) is 6.26. The summed E-state index contributed by atoms with van der Waals surface area (Å²) in [5, 5.41) is 10.2. The molecule has 24 heavy (non-hydrogen) atoms. The first-order valence-corrected chi connectivity index (χ1v) is 8.59. The lowest BCUT2D eigenvalue weighted by Crippen LogP contribution is -2.34. The third-order valence-electron chi connectivity index (χ3n) is 3.36. The average Bonchev–Trinajstić information content (AvgIpc) is 2.83. The molecule has 1 aromatic carbocycles. The number of amides is 3. The number of ether oxygens (including phenoxy) is 1. The van der Waals surface area contributed by atoms with E-state index in [2.05, 4.69) is 5.32 Å². The summed E-state index contributed by atoms with van der Waals surface area (Å²) in [6.07, 6.45) is 0.392. The fraction of sp³-hybridized carbons (Fsp3) is 0.438. The van der Waals surface area contributed by atoms with E-state index >= 15 is 0 Å². The predicted octanol–water partition coefficient (Wildman–Crippen LogP) is 1.54. The van der Waals surface area contributed by atoms with Crippen molar-refractivity contribution < 1.29 is 24.2 Å². The number of anilines is 1. The van der Waals surface area contributed by atoms with Crippen molar-refractivity contribution >= 4 is 34.5 Å². The van der Waals surface area contributed by atoms with E-state index < -0.39 is 16.4 Å². The van der Waals surface area contributed by atoms with Crippen molar-refractivity contribution in [3.8, 4) is 5.75 Å². The van der Waals surface area contributed by atoms with E-state index in [4.69, 9.17) is 9.84 Å². The molecule has 0 spiro atoms. The van der Waals surface area contributed by atoms with Crippen LogP contribution in [-0.2, 0) is 9.59 Å². The maximum Gasteiger partial charge on any atom is 0.293 e. The van der Waals surface area contributed by atoms with Gasteiger partial charge >= 0.3 is 0 Å². The number of aliphatic hydroxyl groups excluding tert-OH is 1. The summed E-state index contributed by atoms with van der Waals surface area (Å²) in [5.41, 5.74) is 0.462. The molecule has 1 aliphatic heterocycles. The molecule has 7 nitrogen and oxygen atoms in total. The van der Waals surface area contributed by atoms with E-state index in [-0.39, 0.29) is 18.9 Å². The minimum absolute atomic E-state index is 0.0125. The molecule has 0 aromatic heterocycles. The van der Waals surface area contributed by atoms with Gasteiger partial charge < -0.3 is 15.2 Å². The number of hydrogen-bond donors (Lipinski definition) is 2. The maximum absolute atomic E-state index is 12.4. The smallest absolute Gasteiger partial charge is 0.293 e. The van der Waals surface area contributed by atoms with Gasteiger partial charge in [0.05, 0.1) is 12.3 Å². The second-order valence-electron chi connectivity index (χ2n) is 5.10. The van der Waals surface area contributed by atoms with Gasteiger partial charge in [0.2, 0.25) is 11.8 Å². The van der Waals surface area contributed by atoms with Crippen LogP contribution in [0.25, 0.3) is 0 Å². The van der Waals surface area contributed by atoms with Gasteiger partial charge in [-0.25, -0.2) is 4.90 Å². The largest absolute Gasteiger partial charge is 0.494 e. The molecule has 0 saturated carbocycles. The highest BCUT2D eigenvalue weighted by Crippen LogP contribution is 2.34. The molecule has 1 fully saturated rings. The summed E-state index contributed by atoms with van der Waals surface area (Å²) in [5.74, 6) is -0.0464. The van der Waals surface area contributed by atoms with E-state index in [0.29, 0.717) is 31.0 Å². The molecule has 0 radical (unpaired) electrons. The van der Waals surface area contributed by atoms with Gasteiger partial charge in [-0.3, -0.25) is 14.4 Å². The molecular weight excluding hydrogens is 332 g/mol. The summed E-state index contributed by atoms with van der Waals surface area (Å²) in [4.78, 5) is 37.4. The van der Waals surface area contributed by atoms with E-state index in [9.17, 15) is 14.4 Å². The molecule has 1 atom stereocenters. The summed E-state index contributed by atoms with van der Waals surface area (Å²) in [7, 11) is 0. The molecule has 0 aliphatic carbocycles. The SMILES string of the molecule is CCOc1ccc(N2C(=O)SC(CC(=O)NCCCO)C2=O)cc1. The lowest BCUT2D eigenvalue weighted by molar-refractivity contribution is -0.124. The van der Waals surface area contributed by atoms with Crippen molar-refractivity contribution in [1.29, 1.82) is 0 Å². The molecule has 1 aliphatic rings. The highest BCUT2D eigenvalue weighted by Gasteiger charge is 2.41. The van der Waals surface area contributed by atoms with Crippen LogP contribution in [0.5, 0.6) is 5.75 Å². The Hall–Kier alpha value is -2.06. The Morgan fingerprint density at radius 3 is 2.67 bits per heavy atom. The number of benzene rings is 1. The Bertz CT molecular complexity index is 605. The summed E-state index contributed by atoms with van der Waals surface area (Å²) >= 11 is 0.855. The second kappa shape index (κ2) is 8.70. The molecule has 130 valence electrons. The molecule has 1 saturated heterocycles. The van der Waals surface area contributed by atoms with Crippen molar-refractivity contribution in [2.24, 2.45) is 0 Å². The van der Waals surface area contributed by atoms with Crippen molar-refractivity contribution in [3.63, 3.8) is 0 Å². The zero-order valence-electron chi connectivity index (χ0n) is 13.4. The Labute approximate surface area is 144 Å². The van der Waals surface area contributed by atoms with Crippen LogP contribution in [0.3, 0.4) is 0 Å². The monoisotopic (exact) mass is 352 g/mol. The first kappa shape index (κ1) is 18.3. The molecule has 1 heterocycles. The van der Waals surface area contributed by atoms with Crippen LogP contribution in [0.1, 0.15) is 19.8 Å². The van der Waals surface area contributed by atoms with Crippen LogP contribution in [0.2, 0.25) is 0 Å². The number of rotatable bonds is 8. The number of nitrogens with zero attached hydrogens (tertiary/aromatic N) is 1. The minimum atomic E-state index is -0.724. The number of carbonyl (C=O) groups is 3. The van der Waals surface area contributed by atoms with E-state index in [1.54, 1.807) is 24.3 Å². The molecule has 1 unspecified atom stereocenters. The summed E-state index contributed by atoms with van der Waals surface area (Å²) in [6.45, 7) is 2.73. The number of nitrogens with one attached hydrogen (secondary N) is 1.